The number of hydrogen-bond acceptors (Lipinski definition) is 6. The Bertz CT molecular complexity index is 974. The van der Waals surface area contributed by atoms with E-state index in [9.17, 15) is 13.2 Å². The van der Waals surface area contributed by atoms with Gasteiger partial charge in [0, 0.05) is 25.6 Å². The lowest BCUT2D eigenvalue weighted by Gasteiger charge is -2.19. The van der Waals surface area contributed by atoms with E-state index in [1.807, 2.05) is 0 Å². The SMILES string of the molecule is CC(C)Cc1nnc(NC(=O)/C=C/c2ccc(S(=O)(=O)N3CCCCCC3)cc2)s1. The Labute approximate surface area is 182 Å². The molecule has 30 heavy (non-hydrogen) atoms. The summed E-state index contributed by atoms with van der Waals surface area (Å²) < 4.78 is 27.2. The Morgan fingerprint density at radius 2 is 1.80 bits per heavy atom. The quantitative estimate of drug-likeness (QED) is 0.648. The van der Waals surface area contributed by atoms with E-state index >= 15 is 0 Å². The molecule has 1 aliphatic heterocycles. The van der Waals surface area contributed by atoms with E-state index in [2.05, 4.69) is 29.4 Å². The van der Waals surface area contributed by atoms with Gasteiger partial charge in [0.2, 0.25) is 21.1 Å². The van der Waals surface area contributed by atoms with Crippen LogP contribution in [0.5, 0.6) is 0 Å². The average Bonchev–Trinajstić information content (AvgIpc) is 2.95. The predicted molar refractivity (Wildman–Crippen MR) is 120 cm³/mol. The highest BCUT2D eigenvalue weighted by Crippen LogP contribution is 2.21. The molecule has 3 rings (SSSR count). The van der Waals surface area contributed by atoms with Crippen LogP contribution in [-0.2, 0) is 21.2 Å². The van der Waals surface area contributed by atoms with Gasteiger partial charge in [-0.1, -0.05) is 50.2 Å². The highest BCUT2D eigenvalue weighted by molar-refractivity contribution is 7.89. The number of sulfonamides is 1. The van der Waals surface area contributed by atoms with Gasteiger partial charge in [-0.05, 0) is 42.5 Å². The zero-order valence-corrected chi connectivity index (χ0v) is 19.0. The molecule has 0 atom stereocenters. The van der Waals surface area contributed by atoms with E-state index in [0.29, 0.717) is 24.1 Å². The molecule has 1 N–H and O–H groups in total. The summed E-state index contributed by atoms with van der Waals surface area (Å²) in [6.07, 6.45) is 7.85. The first-order valence-electron chi connectivity index (χ1n) is 10.3. The van der Waals surface area contributed by atoms with Gasteiger partial charge in [-0.15, -0.1) is 10.2 Å². The number of hydrogen-bond donors (Lipinski definition) is 1. The second kappa shape index (κ2) is 10.3. The van der Waals surface area contributed by atoms with Crippen molar-refractivity contribution in [3.8, 4) is 0 Å². The molecule has 0 radical (unpaired) electrons. The molecule has 1 aliphatic rings. The molecule has 1 aromatic heterocycles. The molecule has 1 amide bonds. The molecule has 162 valence electrons. The van der Waals surface area contributed by atoms with Gasteiger partial charge in [0.1, 0.15) is 5.01 Å². The molecule has 2 heterocycles. The van der Waals surface area contributed by atoms with Crippen molar-refractivity contribution in [2.45, 2.75) is 50.8 Å². The van der Waals surface area contributed by atoms with Crippen LogP contribution >= 0.6 is 11.3 Å². The molecular weight excluding hydrogens is 420 g/mol. The molecular formula is C21H28N4O3S2. The molecule has 1 fully saturated rings. The van der Waals surface area contributed by atoms with Crippen LogP contribution in [0.2, 0.25) is 0 Å². The van der Waals surface area contributed by atoms with Crippen molar-refractivity contribution in [2.75, 3.05) is 18.4 Å². The number of nitrogens with zero attached hydrogens (tertiary/aromatic N) is 3. The minimum absolute atomic E-state index is 0.289. The number of nitrogens with one attached hydrogen (secondary N) is 1. The summed E-state index contributed by atoms with van der Waals surface area (Å²) in [6, 6.07) is 6.61. The van der Waals surface area contributed by atoms with Gasteiger partial charge in [-0.25, -0.2) is 8.42 Å². The molecule has 0 bridgehead atoms. The highest BCUT2D eigenvalue weighted by Gasteiger charge is 2.24. The largest absolute Gasteiger partial charge is 0.297 e. The first kappa shape index (κ1) is 22.6. The Balaban J connectivity index is 1.60. The number of amides is 1. The molecule has 7 nitrogen and oxygen atoms in total. The van der Waals surface area contributed by atoms with Gasteiger partial charge in [-0.3, -0.25) is 10.1 Å². The molecule has 9 heteroatoms. The molecule has 0 unspecified atom stereocenters. The van der Waals surface area contributed by atoms with E-state index < -0.39 is 10.0 Å². The monoisotopic (exact) mass is 448 g/mol. The summed E-state index contributed by atoms with van der Waals surface area (Å²) in [4.78, 5) is 12.4. The fourth-order valence-electron chi connectivity index (χ4n) is 3.24. The number of carbonyl (C=O) groups is 1. The Morgan fingerprint density at radius 1 is 1.13 bits per heavy atom. The number of carbonyl (C=O) groups excluding carboxylic acids is 1. The van der Waals surface area contributed by atoms with Crippen molar-refractivity contribution in [1.29, 1.82) is 0 Å². The normalized spacial score (nSPS) is 16.1. The standard InChI is InChI=1S/C21H28N4O3S2/c1-16(2)15-20-23-24-21(29-20)22-19(26)12-9-17-7-10-18(11-8-17)30(27,28)25-13-5-3-4-6-14-25/h7-12,16H,3-6,13-15H2,1-2H3,(H,22,24,26)/b12-9+. The summed E-state index contributed by atoms with van der Waals surface area (Å²) >= 11 is 1.37. The van der Waals surface area contributed by atoms with Crippen molar-refractivity contribution < 1.29 is 13.2 Å². The van der Waals surface area contributed by atoms with Crippen LogP contribution in [0.25, 0.3) is 6.08 Å². The zero-order chi connectivity index (χ0) is 21.6. The third kappa shape index (κ3) is 6.20. The van der Waals surface area contributed by atoms with Gasteiger partial charge in [0.25, 0.3) is 0 Å². The van der Waals surface area contributed by atoms with Crippen LogP contribution < -0.4 is 5.32 Å². The van der Waals surface area contributed by atoms with Crippen LogP contribution in [-0.4, -0.2) is 41.9 Å². The van der Waals surface area contributed by atoms with Crippen LogP contribution in [0.1, 0.15) is 50.1 Å². The summed E-state index contributed by atoms with van der Waals surface area (Å²) in [7, 11) is -3.46. The summed E-state index contributed by atoms with van der Waals surface area (Å²) in [5.74, 6) is 0.177. The summed E-state index contributed by atoms with van der Waals surface area (Å²) in [6.45, 7) is 5.36. The molecule has 0 aliphatic carbocycles. The second-order valence-electron chi connectivity index (χ2n) is 7.81. The third-order valence-electron chi connectivity index (χ3n) is 4.79. The first-order chi connectivity index (χ1) is 14.3. The second-order valence-corrected chi connectivity index (χ2v) is 10.8. The van der Waals surface area contributed by atoms with Crippen molar-refractivity contribution in [2.24, 2.45) is 5.92 Å². The van der Waals surface area contributed by atoms with Crippen molar-refractivity contribution in [1.82, 2.24) is 14.5 Å². The Kier molecular flexibility index (Phi) is 7.74. The highest BCUT2D eigenvalue weighted by atomic mass is 32.2. The maximum atomic E-state index is 12.8. The van der Waals surface area contributed by atoms with Crippen molar-refractivity contribution in [3.63, 3.8) is 0 Å². The smallest absolute Gasteiger partial charge is 0.250 e. The predicted octanol–water partition coefficient (Wildman–Crippen LogP) is 3.95. The van der Waals surface area contributed by atoms with Crippen LogP contribution in [0.3, 0.4) is 0 Å². The molecule has 1 aromatic carbocycles. The van der Waals surface area contributed by atoms with E-state index in [4.69, 9.17) is 0 Å². The Morgan fingerprint density at radius 3 is 2.43 bits per heavy atom. The average molecular weight is 449 g/mol. The fourth-order valence-corrected chi connectivity index (χ4v) is 5.71. The minimum Gasteiger partial charge on any atom is -0.297 e. The van der Waals surface area contributed by atoms with E-state index in [1.165, 1.54) is 17.4 Å². The summed E-state index contributed by atoms with van der Waals surface area (Å²) in [5.41, 5.74) is 0.748. The third-order valence-corrected chi connectivity index (χ3v) is 7.56. The van der Waals surface area contributed by atoms with Gasteiger partial charge >= 0.3 is 0 Å². The van der Waals surface area contributed by atoms with E-state index in [0.717, 1.165) is 42.7 Å². The minimum atomic E-state index is -3.46. The lowest BCUT2D eigenvalue weighted by atomic mass is 10.1. The number of aromatic nitrogens is 2. The lowest BCUT2D eigenvalue weighted by Crippen LogP contribution is -2.31. The van der Waals surface area contributed by atoms with Crippen LogP contribution in [0.15, 0.2) is 35.2 Å². The number of benzene rings is 1. The maximum absolute atomic E-state index is 12.8. The summed E-state index contributed by atoms with van der Waals surface area (Å²) in [5, 5.41) is 12.1. The molecule has 2 aromatic rings. The van der Waals surface area contributed by atoms with Crippen molar-refractivity contribution in [3.05, 3.63) is 40.9 Å². The molecule has 0 spiro atoms. The number of anilines is 1. The zero-order valence-electron chi connectivity index (χ0n) is 17.4. The maximum Gasteiger partial charge on any atom is 0.250 e. The topological polar surface area (TPSA) is 92.3 Å². The molecule has 0 saturated carbocycles. The van der Waals surface area contributed by atoms with Crippen LogP contribution in [0, 0.1) is 5.92 Å². The van der Waals surface area contributed by atoms with Crippen LogP contribution in [0.4, 0.5) is 5.13 Å². The van der Waals surface area contributed by atoms with Gasteiger partial charge in [0.15, 0.2) is 0 Å². The first-order valence-corrected chi connectivity index (χ1v) is 12.5. The number of rotatable bonds is 7. The van der Waals surface area contributed by atoms with Gasteiger partial charge < -0.3 is 0 Å². The Hall–Kier alpha value is -2.10. The van der Waals surface area contributed by atoms with E-state index in [-0.39, 0.29) is 10.8 Å². The van der Waals surface area contributed by atoms with E-state index in [1.54, 1.807) is 34.6 Å². The fraction of sp³-hybridized carbons (Fsp3) is 0.476. The van der Waals surface area contributed by atoms with Gasteiger partial charge in [-0.2, -0.15) is 4.31 Å². The van der Waals surface area contributed by atoms with Gasteiger partial charge in [0.05, 0.1) is 4.90 Å². The lowest BCUT2D eigenvalue weighted by molar-refractivity contribution is -0.111. The van der Waals surface area contributed by atoms with Crippen molar-refractivity contribution >= 4 is 38.5 Å². The molecule has 1 saturated heterocycles.